The van der Waals surface area contributed by atoms with E-state index in [9.17, 15) is 39.6 Å². The van der Waals surface area contributed by atoms with Crippen LogP contribution in [-0.2, 0) is 27.3 Å². The summed E-state index contributed by atoms with van der Waals surface area (Å²) in [5.74, 6) is -3.69. The normalized spacial score (nSPS) is 19.8. The molecule has 0 spiro atoms. The summed E-state index contributed by atoms with van der Waals surface area (Å²) in [6, 6.07) is 16.2. The van der Waals surface area contributed by atoms with E-state index in [0.717, 1.165) is 6.92 Å². The lowest BCUT2D eigenvalue weighted by Crippen LogP contribution is -2.59. The molecule has 5 atom stereocenters. The third-order valence-corrected chi connectivity index (χ3v) is 10.2. The quantitative estimate of drug-likeness (QED) is 0.0115. The van der Waals surface area contributed by atoms with Crippen LogP contribution >= 0.6 is 0 Å². The standard InChI is InChI=1S/C43H45N5O12/c1-20-35(52)39(56)40(57-14-13-48-43(46)47)42(58-20)60-31-17-28-34(36(53)27(31)15-23-9-6-10-25(41(44)45)29(23)19-50)38(55)32-24(18-49)16-30(59-21(2)51)26(33(32)37(28)54)12-11-22-7-4-3-5-8-22/h3-12,16-17,19-20,35,39-42,49,52-53,56H,13-15,18,44-45H2,1-2H3,(H4,46,47,48)/t20-,35-,39-,40-,42-/m1/s1. The number of hydrogen-bond acceptors (Lipinski definition) is 15. The highest BCUT2D eigenvalue weighted by Gasteiger charge is 2.46. The predicted octanol–water partition coefficient (Wildman–Crippen LogP) is 1.58. The van der Waals surface area contributed by atoms with Crippen molar-refractivity contribution in [2.75, 3.05) is 13.2 Å². The Kier molecular flexibility index (Phi) is 13.2. The first-order valence-corrected chi connectivity index (χ1v) is 18.8. The molecule has 17 heteroatoms. The number of aliphatic hydroxyl groups is 3. The van der Waals surface area contributed by atoms with Crippen molar-refractivity contribution >= 4 is 41.9 Å². The number of hydrogen-bond donors (Lipinski definition) is 8. The number of aliphatic imine (C=N–C) groups is 1. The van der Waals surface area contributed by atoms with Gasteiger partial charge in [0.05, 0.1) is 37.6 Å². The van der Waals surface area contributed by atoms with Crippen molar-refractivity contribution in [3.8, 4) is 17.2 Å². The Hall–Kier alpha value is -6.31. The zero-order valence-electron chi connectivity index (χ0n) is 32.6. The van der Waals surface area contributed by atoms with E-state index in [2.05, 4.69) is 4.99 Å². The van der Waals surface area contributed by atoms with Gasteiger partial charge in [-0.05, 0) is 47.4 Å². The molecule has 314 valence electrons. The molecule has 0 unspecified atom stereocenters. The second-order valence-corrected chi connectivity index (χ2v) is 14.2. The van der Waals surface area contributed by atoms with Gasteiger partial charge in [-0.2, -0.15) is 0 Å². The van der Waals surface area contributed by atoms with E-state index in [0.29, 0.717) is 17.4 Å². The number of fused-ring (bicyclic) bond motifs is 2. The highest BCUT2D eigenvalue weighted by atomic mass is 16.7. The predicted molar refractivity (Wildman–Crippen MR) is 217 cm³/mol. The molecule has 12 N–H and O–H groups in total. The van der Waals surface area contributed by atoms with Crippen molar-refractivity contribution in [2.24, 2.45) is 27.9 Å². The maximum absolute atomic E-state index is 14.9. The summed E-state index contributed by atoms with van der Waals surface area (Å²) < 4.78 is 23.7. The molecule has 0 aromatic heterocycles. The second kappa shape index (κ2) is 18.3. The van der Waals surface area contributed by atoms with E-state index in [1.165, 1.54) is 25.1 Å². The number of guanidine groups is 1. The van der Waals surface area contributed by atoms with Crippen LogP contribution < -0.4 is 32.4 Å². The molecular formula is C43H45N5O12. The number of rotatable bonds is 14. The molecule has 17 nitrogen and oxygen atoms in total. The van der Waals surface area contributed by atoms with Crippen LogP contribution in [0.1, 0.15) is 95.6 Å². The van der Waals surface area contributed by atoms with Gasteiger partial charge in [0.25, 0.3) is 0 Å². The number of nitrogens with zero attached hydrogens (tertiary/aromatic N) is 1. The molecule has 6 rings (SSSR count). The van der Waals surface area contributed by atoms with Gasteiger partial charge in [0, 0.05) is 46.7 Å². The number of phenolic OH excluding ortho intramolecular Hbond substituents is 1. The molecular weight excluding hydrogens is 778 g/mol. The number of esters is 1. The number of carbonyl (C=O) groups excluding carboxylic acids is 4. The molecule has 0 radical (unpaired) electrons. The van der Waals surface area contributed by atoms with Gasteiger partial charge in [0.15, 0.2) is 23.8 Å². The van der Waals surface area contributed by atoms with Crippen LogP contribution in [0.15, 0.2) is 65.7 Å². The molecule has 4 aromatic rings. The van der Waals surface area contributed by atoms with E-state index >= 15 is 0 Å². The van der Waals surface area contributed by atoms with Crippen LogP contribution in [0.3, 0.4) is 0 Å². The monoisotopic (exact) mass is 823 g/mol. The topological polar surface area (TPSA) is 303 Å². The summed E-state index contributed by atoms with van der Waals surface area (Å²) in [4.78, 5) is 58.3. The molecule has 0 amide bonds. The maximum atomic E-state index is 14.9. The Labute approximate surface area is 343 Å². The van der Waals surface area contributed by atoms with Gasteiger partial charge >= 0.3 is 5.97 Å². The summed E-state index contributed by atoms with van der Waals surface area (Å²) in [7, 11) is 0. The first-order valence-electron chi connectivity index (χ1n) is 18.8. The fraction of sp³-hybridized carbons (Fsp3) is 0.279. The minimum absolute atomic E-state index is 0.0366. The van der Waals surface area contributed by atoms with Crippen LogP contribution in [-0.4, -0.2) is 94.1 Å². The molecule has 2 aliphatic rings. The third-order valence-electron chi connectivity index (χ3n) is 10.2. The SMILES string of the molecule is CC(=O)Oc1cc(CO)c2c(c1C=Cc1ccccc1)C(=O)c1cc(O[C@H]3O[C@H](C)[C@@H](O)[C@@H](O)[C@H]3OCCN=C(N)N)c(Cc3cccc(C(N)N)c3C=O)c(O)c1C2=O. The fourth-order valence-electron chi connectivity index (χ4n) is 7.30. The lowest BCUT2D eigenvalue weighted by Gasteiger charge is -2.41. The number of aldehydes is 1. The Morgan fingerprint density at radius 3 is 2.30 bits per heavy atom. The molecule has 1 aliphatic carbocycles. The van der Waals surface area contributed by atoms with Crippen LogP contribution in [0.2, 0.25) is 0 Å². The van der Waals surface area contributed by atoms with E-state index in [1.54, 1.807) is 48.5 Å². The number of aromatic hydroxyl groups is 1. The summed E-state index contributed by atoms with van der Waals surface area (Å²) >= 11 is 0. The number of phenols is 1. The van der Waals surface area contributed by atoms with Crippen molar-refractivity contribution in [2.45, 2.75) is 63.7 Å². The lowest BCUT2D eigenvalue weighted by molar-refractivity contribution is -0.278. The van der Waals surface area contributed by atoms with Crippen molar-refractivity contribution in [1.82, 2.24) is 0 Å². The summed E-state index contributed by atoms with van der Waals surface area (Å²) in [6.07, 6.45) is -4.63. The van der Waals surface area contributed by atoms with E-state index < -0.39 is 72.3 Å². The van der Waals surface area contributed by atoms with Gasteiger partial charge in [0.1, 0.15) is 35.6 Å². The summed E-state index contributed by atoms with van der Waals surface area (Å²) in [5.41, 5.74) is 22.8. The van der Waals surface area contributed by atoms with Crippen LogP contribution in [0.4, 0.5) is 0 Å². The van der Waals surface area contributed by atoms with Gasteiger partial charge in [-0.25, -0.2) is 0 Å². The van der Waals surface area contributed by atoms with E-state index in [-0.39, 0.29) is 81.5 Å². The van der Waals surface area contributed by atoms with Crippen molar-refractivity contribution in [3.63, 3.8) is 0 Å². The zero-order chi connectivity index (χ0) is 43.4. The largest absolute Gasteiger partial charge is 0.507 e. The molecule has 4 aromatic carbocycles. The first kappa shape index (κ1) is 43.3. The highest BCUT2D eigenvalue weighted by molar-refractivity contribution is 6.31. The minimum atomic E-state index is -1.58. The highest BCUT2D eigenvalue weighted by Crippen LogP contribution is 2.45. The number of nitrogens with two attached hydrogens (primary N) is 4. The Morgan fingerprint density at radius 2 is 1.65 bits per heavy atom. The van der Waals surface area contributed by atoms with Gasteiger partial charge in [-0.15, -0.1) is 0 Å². The molecule has 1 heterocycles. The van der Waals surface area contributed by atoms with Gasteiger partial charge in [0.2, 0.25) is 6.29 Å². The molecule has 1 aliphatic heterocycles. The van der Waals surface area contributed by atoms with Gasteiger partial charge in [-0.1, -0.05) is 54.6 Å². The average molecular weight is 824 g/mol. The number of ketones is 2. The Bertz CT molecular complexity index is 2380. The van der Waals surface area contributed by atoms with Crippen molar-refractivity contribution in [1.29, 1.82) is 0 Å². The van der Waals surface area contributed by atoms with Gasteiger partial charge in [-0.3, -0.25) is 24.2 Å². The smallest absolute Gasteiger partial charge is 0.308 e. The molecule has 0 bridgehead atoms. The molecule has 0 saturated carbocycles. The molecule has 1 saturated heterocycles. The number of ether oxygens (including phenoxy) is 4. The summed E-state index contributed by atoms with van der Waals surface area (Å²) in [6.45, 7) is 1.68. The lowest BCUT2D eigenvalue weighted by atomic mass is 9.77. The molecule has 1 fully saturated rings. The Morgan fingerprint density at radius 1 is 0.917 bits per heavy atom. The third kappa shape index (κ3) is 8.68. The summed E-state index contributed by atoms with van der Waals surface area (Å²) in [5, 5.41) is 44.6. The van der Waals surface area contributed by atoms with Crippen LogP contribution in [0.5, 0.6) is 17.2 Å². The first-order chi connectivity index (χ1) is 28.7. The van der Waals surface area contributed by atoms with Crippen molar-refractivity contribution in [3.05, 3.63) is 122 Å². The molecule has 60 heavy (non-hydrogen) atoms. The van der Waals surface area contributed by atoms with Crippen LogP contribution in [0, 0.1) is 0 Å². The Balaban J connectivity index is 1.57. The maximum Gasteiger partial charge on any atom is 0.308 e. The van der Waals surface area contributed by atoms with Gasteiger partial charge < -0.3 is 62.3 Å². The number of carbonyl (C=O) groups is 4. The minimum Gasteiger partial charge on any atom is -0.507 e. The second-order valence-electron chi connectivity index (χ2n) is 14.2. The van der Waals surface area contributed by atoms with Crippen molar-refractivity contribution < 1.29 is 58.6 Å². The fourth-order valence-corrected chi connectivity index (χ4v) is 7.30. The van der Waals surface area contributed by atoms with E-state index in [1.807, 2.05) is 6.07 Å². The average Bonchev–Trinajstić information content (AvgIpc) is 3.21. The number of benzene rings is 4. The number of aliphatic hydroxyl groups excluding tert-OH is 3. The van der Waals surface area contributed by atoms with E-state index in [4.69, 9.17) is 41.9 Å². The van der Waals surface area contributed by atoms with Crippen LogP contribution in [0.25, 0.3) is 12.2 Å². The zero-order valence-corrected chi connectivity index (χ0v) is 32.6.